The Hall–Kier alpha value is -1.57. The molecule has 0 bridgehead atoms. The van der Waals surface area contributed by atoms with Crippen molar-refractivity contribution in [3.05, 3.63) is 53.6 Å². The van der Waals surface area contributed by atoms with E-state index in [4.69, 9.17) is 4.42 Å². The van der Waals surface area contributed by atoms with Crippen molar-refractivity contribution in [2.75, 3.05) is 6.26 Å². The number of hydrogen-bond donors (Lipinski definition) is 0. The van der Waals surface area contributed by atoms with Crippen molar-refractivity contribution in [2.24, 2.45) is 0 Å². The zero-order chi connectivity index (χ0) is 15.6. The predicted octanol–water partition coefficient (Wildman–Crippen LogP) is 4.10. The summed E-state index contributed by atoms with van der Waals surface area (Å²) in [6.07, 6.45) is 1.13. The number of aromatic nitrogens is 1. The highest BCUT2D eigenvalue weighted by Gasteiger charge is 2.13. The van der Waals surface area contributed by atoms with E-state index in [0.717, 1.165) is 21.9 Å². The Morgan fingerprint density at radius 1 is 1.18 bits per heavy atom. The highest BCUT2D eigenvalue weighted by molar-refractivity contribution is 8.00. The van der Waals surface area contributed by atoms with Gasteiger partial charge >= 0.3 is 0 Å². The van der Waals surface area contributed by atoms with E-state index >= 15 is 0 Å². The average molecular weight is 351 g/mol. The summed E-state index contributed by atoms with van der Waals surface area (Å²) in [6, 6.07) is 13.2. The normalized spacial score (nSPS) is 11.7. The number of thioether (sulfide) groups is 1. The maximum absolute atomic E-state index is 11.4. The highest BCUT2D eigenvalue weighted by Crippen LogP contribution is 2.30. The van der Waals surface area contributed by atoms with Crippen LogP contribution in [0.4, 0.5) is 0 Å². The summed E-state index contributed by atoms with van der Waals surface area (Å²) in [5, 5.41) is 2.02. The second kappa shape index (κ2) is 6.28. The zero-order valence-electron chi connectivity index (χ0n) is 11.7. The molecule has 2 heterocycles. The Bertz CT molecular complexity index is 866. The molecule has 0 fully saturated rings. The Morgan fingerprint density at radius 2 is 1.95 bits per heavy atom. The molecule has 0 spiro atoms. The summed E-state index contributed by atoms with van der Waals surface area (Å²) in [6.45, 7) is 0. The van der Waals surface area contributed by atoms with Crippen LogP contribution in [-0.2, 0) is 15.6 Å². The third kappa shape index (κ3) is 3.60. The van der Waals surface area contributed by atoms with Crippen molar-refractivity contribution < 1.29 is 12.8 Å². The first-order valence-corrected chi connectivity index (χ1v) is 10.2. The lowest BCUT2D eigenvalue weighted by molar-refractivity contribution is 0.428. The molecule has 22 heavy (non-hydrogen) atoms. The molecule has 0 aliphatic heterocycles. The van der Waals surface area contributed by atoms with Crippen molar-refractivity contribution in [3.8, 4) is 11.3 Å². The van der Waals surface area contributed by atoms with Gasteiger partial charge in [0.25, 0.3) is 0 Å². The molecule has 0 radical (unpaired) electrons. The van der Waals surface area contributed by atoms with E-state index in [1.54, 1.807) is 17.4 Å². The molecule has 0 aliphatic rings. The fraction of sp³-hybridized carbons (Fsp3) is 0.133. The standard InChI is InChI=1S/C15H13NO3S3/c1-22(17,18)14-8-7-12(19-14)9-20-15-16-13(10-21-15)11-5-3-2-4-6-11/h2-8,10H,9H2,1H3. The molecule has 0 atom stereocenters. The van der Waals surface area contributed by atoms with Crippen LogP contribution in [0.5, 0.6) is 0 Å². The molecule has 0 N–H and O–H groups in total. The first-order chi connectivity index (χ1) is 10.5. The van der Waals surface area contributed by atoms with Crippen molar-refractivity contribution in [1.82, 2.24) is 4.98 Å². The van der Waals surface area contributed by atoms with Crippen LogP contribution in [0.25, 0.3) is 11.3 Å². The SMILES string of the molecule is CS(=O)(=O)c1ccc(CSc2nc(-c3ccccc3)cs2)o1. The monoisotopic (exact) mass is 351 g/mol. The zero-order valence-corrected chi connectivity index (χ0v) is 14.2. The van der Waals surface area contributed by atoms with Gasteiger partial charge in [0, 0.05) is 17.2 Å². The summed E-state index contributed by atoms with van der Waals surface area (Å²) in [5.41, 5.74) is 2.03. The molecule has 0 saturated carbocycles. The summed E-state index contributed by atoms with van der Waals surface area (Å²) in [5.74, 6) is 1.18. The fourth-order valence-electron chi connectivity index (χ4n) is 1.83. The maximum atomic E-state index is 11.4. The summed E-state index contributed by atoms with van der Waals surface area (Å²) in [4.78, 5) is 4.57. The van der Waals surface area contributed by atoms with Gasteiger partial charge in [0.05, 0.1) is 11.4 Å². The second-order valence-electron chi connectivity index (χ2n) is 4.65. The number of rotatable bonds is 5. The number of benzene rings is 1. The van der Waals surface area contributed by atoms with Crippen LogP contribution >= 0.6 is 23.1 Å². The largest absolute Gasteiger partial charge is 0.449 e. The van der Waals surface area contributed by atoms with E-state index in [-0.39, 0.29) is 5.09 Å². The van der Waals surface area contributed by atoms with Crippen LogP contribution in [0.1, 0.15) is 5.76 Å². The van der Waals surface area contributed by atoms with E-state index < -0.39 is 9.84 Å². The molecule has 114 valence electrons. The van der Waals surface area contributed by atoms with Crippen molar-refractivity contribution in [2.45, 2.75) is 15.2 Å². The van der Waals surface area contributed by atoms with Gasteiger partial charge in [0.2, 0.25) is 14.9 Å². The van der Waals surface area contributed by atoms with Crippen molar-refractivity contribution in [3.63, 3.8) is 0 Å². The topological polar surface area (TPSA) is 60.2 Å². The highest BCUT2D eigenvalue weighted by atomic mass is 32.2. The predicted molar refractivity (Wildman–Crippen MR) is 88.9 cm³/mol. The fourth-order valence-corrected chi connectivity index (χ4v) is 4.14. The van der Waals surface area contributed by atoms with E-state index in [1.807, 2.05) is 35.7 Å². The van der Waals surface area contributed by atoms with Crippen LogP contribution in [0.3, 0.4) is 0 Å². The number of nitrogens with zero attached hydrogens (tertiary/aromatic N) is 1. The number of furan rings is 1. The Kier molecular flexibility index (Phi) is 4.37. The molecule has 4 nitrogen and oxygen atoms in total. The summed E-state index contributed by atoms with van der Waals surface area (Å²) >= 11 is 3.10. The van der Waals surface area contributed by atoms with Crippen LogP contribution in [0, 0.1) is 0 Å². The smallest absolute Gasteiger partial charge is 0.217 e. The summed E-state index contributed by atoms with van der Waals surface area (Å²) < 4.78 is 29.0. The Labute approximate surface area is 137 Å². The molecule has 0 aliphatic carbocycles. The van der Waals surface area contributed by atoms with E-state index in [1.165, 1.54) is 17.8 Å². The molecule has 7 heteroatoms. The number of thiazole rings is 1. The van der Waals surface area contributed by atoms with Crippen LogP contribution in [0.15, 0.2) is 61.7 Å². The van der Waals surface area contributed by atoms with Gasteiger partial charge in [-0.15, -0.1) is 11.3 Å². The lowest BCUT2D eigenvalue weighted by Gasteiger charge is -1.96. The lowest BCUT2D eigenvalue weighted by atomic mass is 10.2. The maximum Gasteiger partial charge on any atom is 0.217 e. The first kappa shape index (κ1) is 15.3. The van der Waals surface area contributed by atoms with Crippen LogP contribution in [0.2, 0.25) is 0 Å². The second-order valence-corrected chi connectivity index (χ2v) is 8.67. The number of hydrogen-bond acceptors (Lipinski definition) is 6. The van der Waals surface area contributed by atoms with E-state index in [9.17, 15) is 8.42 Å². The van der Waals surface area contributed by atoms with Gasteiger partial charge in [-0.2, -0.15) is 0 Å². The first-order valence-electron chi connectivity index (χ1n) is 6.45. The molecular weight excluding hydrogens is 338 g/mol. The minimum absolute atomic E-state index is 0.00668. The molecule has 0 unspecified atom stereocenters. The van der Waals surface area contributed by atoms with Gasteiger partial charge in [-0.3, -0.25) is 0 Å². The van der Waals surface area contributed by atoms with Gasteiger partial charge < -0.3 is 4.42 Å². The van der Waals surface area contributed by atoms with Gasteiger partial charge in [-0.05, 0) is 12.1 Å². The van der Waals surface area contributed by atoms with Crippen molar-refractivity contribution >= 4 is 32.9 Å². The van der Waals surface area contributed by atoms with E-state index in [2.05, 4.69) is 4.98 Å². The molecule has 3 aromatic rings. The van der Waals surface area contributed by atoms with Crippen molar-refractivity contribution in [1.29, 1.82) is 0 Å². The Balaban J connectivity index is 1.68. The quantitative estimate of drug-likeness (QED) is 0.648. The van der Waals surface area contributed by atoms with Gasteiger partial charge in [0.15, 0.2) is 4.34 Å². The van der Waals surface area contributed by atoms with E-state index in [0.29, 0.717) is 11.5 Å². The van der Waals surface area contributed by atoms with Crippen LogP contribution < -0.4 is 0 Å². The van der Waals surface area contributed by atoms with Crippen LogP contribution in [-0.4, -0.2) is 19.7 Å². The average Bonchev–Trinajstić information content (AvgIpc) is 3.15. The molecule has 3 rings (SSSR count). The minimum Gasteiger partial charge on any atom is -0.449 e. The number of sulfone groups is 1. The van der Waals surface area contributed by atoms with Gasteiger partial charge in [-0.1, -0.05) is 42.1 Å². The minimum atomic E-state index is -3.29. The third-order valence-corrected chi connectivity index (χ3v) is 5.89. The third-order valence-electron chi connectivity index (χ3n) is 2.89. The molecule has 2 aromatic heterocycles. The van der Waals surface area contributed by atoms with Gasteiger partial charge in [0.1, 0.15) is 5.76 Å². The summed E-state index contributed by atoms with van der Waals surface area (Å²) in [7, 11) is -3.29. The molecular formula is C15H13NO3S3. The van der Waals surface area contributed by atoms with Gasteiger partial charge in [-0.25, -0.2) is 13.4 Å². The Morgan fingerprint density at radius 3 is 2.64 bits per heavy atom. The molecule has 1 aromatic carbocycles. The molecule has 0 amide bonds. The lowest BCUT2D eigenvalue weighted by Crippen LogP contribution is -1.93. The molecule has 0 saturated heterocycles.